The van der Waals surface area contributed by atoms with Crippen LogP contribution in [0.5, 0.6) is 0 Å². The number of carbonyl (C=O) groups excluding carboxylic acids is 1. The monoisotopic (exact) mass is 305 g/mol. The van der Waals surface area contributed by atoms with Crippen LogP contribution in [0, 0.1) is 5.82 Å². The molecule has 0 aliphatic carbocycles. The van der Waals surface area contributed by atoms with Gasteiger partial charge in [-0.3, -0.25) is 4.79 Å². The normalized spacial score (nSPS) is 20.9. The molecule has 5 heteroatoms. The van der Waals surface area contributed by atoms with Crippen molar-refractivity contribution in [3.8, 4) is 0 Å². The first-order valence-corrected chi connectivity index (χ1v) is 7.98. The largest absolute Gasteiger partial charge is 0.321 e. The third-order valence-corrected chi connectivity index (χ3v) is 5.06. The number of benzene rings is 1. The molecule has 1 aliphatic heterocycles. The van der Waals surface area contributed by atoms with Gasteiger partial charge in [0.05, 0.1) is 12.2 Å². The molecule has 2 atom stereocenters. The molecule has 3 nitrogen and oxygen atoms in total. The highest BCUT2D eigenvalue weighted by Gasteiger charge is 2.29. The quantitative estimate of drug-likeness (QED) is 0.894. The summed E-state index contributed by atoms with van der Waals surface area (Å²) in [5.41, 5.74) is 1.60. The summed E-state index contributed by atoms with van der Waals surface area (Å²) in [4.78, 5) is 14.8. The lowest BCUT2D eigenvalue weighted by atomic mass is 10.0. The fourth-order valence-corrected chi connectivity index (χ4v) is 3.83. The molecule has 0 saturated heterocycles. The van der Waals surface area contributed by atoms with Crippen LogP contribution < -0.4 is 10.2 Å². The van der Waals surface area contributed by atoms with Gasteiger partial charge in [0, 0.05) is 16.9 Å². The van der Waals surface area contributed by atoms with Gasteiger partial charge in [0.25, 0.3) is 5.91 Å². The zero-order valence-corrected chi connectivity index (χ0v) is 12.7. The first-order chi connectivity index (χ1) is 10.1. The van der Waals surface area contributed by atoms with Crippen molar-refractivity contribution in [3.05, 3.63) is 52.0 Å². The highest BCUT2D eigenvalue weighted by molar-refractivity contribution is 7.10. The molecule has 0 fully saturated rings. The van der Waals surface area contributed by atoms with Crippen molar-refractivity contribution in [2.45, 2.75) is 19.4 Å². The molecule has 2 heterocycles. The van der Waals surface area contributed by atoms with Crippen LogP contribution >= 0.6 is 11.3 Å². The van der Waals surface area contributed by atoms with Crippen molar-refractivity contribution in [2.75, 3.05) is 18.4 Å². The van der Waals surface area contributed by atoms with Gasteiger partial charge in [-0.15, -0.1) is 11.3 Å². The summed E-state index contributed by atoms with van der Waals surface area (Å²) in [7, 11) is 0. The first kappa shape index (κ1) is 14.2. The van der Waals surface area contributed by atoms with Crippen LogP contribution in [0.3, 0.4) is 0 Å². The minimum absolute atomic E-state index is 0.138. The number of rotatable bonds is 3. The second-order valence-electron chi connectivity index (χ2n) is 5.38. The van der Waals surface area contributed by atoms with Gasteiger partial charge in [-0.1, -0.05) is 12.1 Å². The van der Waals surface area contributed by atoms with E-state index in [-0.39, 0.29) is 11.6 Å². The summed E-state index contributed by atoms with van der Waals surface area (Å²) < 4.78 is 13.5. The van der Waals surface area contributed by atoms with Gasteiger partial charge in [0.1, 0.15) is 11.9 Å². The first-order valence-electron chi connectivity index (χ1n) is 7.10. The number of hydrogen-bond donors (Lipinski definition) is 2. The van der Waals surface area contributed by atoms with E-state index in [1.165, 1.54) is 21.4 Å². The molecular weight excluding hydrogens is 287 g/mol. The van der Waals surface area contributed by atoms with E-state index in [9.17, 15) is 9.18 Å². The molecule has 1 unspecified atom stereocenters. The van der Waals surface area contributed by atoms with Gasteiger partial charge >= 0.3 is 0 Å². The van der Waals surface area contributed by atoms with Crippen molar-refractivity contribution in [1.82, 2.24) is 0 Å². The predicted octanol–water partition coefficient (Wildman–Crippen LogP) is 2.03. The second-order valence-corrected chi connectivity index (χ2v) is 6.38. The average Bonchev–Trinajstić information content (AvgIpc) is 2.94. The molecule has 0 saturated carbocycles. The molecule has 21 heavy (non-hydrogen) atoms. The van der Waals surface area contributed by atoms with Gasteiger partial charge in [0.15, 0.2) is 6.54 Å². The van der Waals surface area contributed by atoms with E-state index in [0.717, 1.165) is 13.0 Å². The van der Waals surface area contributed by atoms with Crippen molar-refractivity contribution in [3.63, 3.8) is 0 Å². The number of quaternary nitrogens is 1. The fraction of sp³-hybridized carbons (Fsp3) is 0.312. The molecule has 1 aliphatic rings. The lowest BCUT2D eigenvalue weighted by Gasteiger charge is -2.29. The maximum atomic E-state index is 13.5. The molecule has 1 aromatic carbocycles. The number of halogens is 1. The van der Waals surface area contributed by atoms with Crippen LogP contribution in [-0.2, 0) is 11.2 Å². The van der Waals surface area contributed by atoms with E-state index >= 15 is 0 Å². The second kappa shape index (κ2) is 5.95. The predicted molar refractivity (Wildman–Crippen MR) is 82.2 cm³/mol. The molecule has 0 radical (unpaired) electrons. The number of nitrogens with one attached hydrogen (secondary N) is 2. The van der Waals surface area contributed by atoms with Gasteiger partial charge in [-0.05, 0) is 30.5 Å². The van der Waals surface area contributed by atoms with E-state index < -0.39 is 5.82 Å². The number of anilines is 1. The third kappa shape index (κ3) is 2.99. The molecule has 2 aromatic rings. The molecular formula is C16H18FN2OS+. The van der Waals surface area contributed by atoms with Gasteiger partial charge < -0.3 is 10.2 Å². The number of hydrogen-bond acceptors (Lipinski definition) is 2. The Kier molecular flexibility index (Phi) is 4.03. The molecule has 2 N–H and O–H groups in total. The number of amides is 1. The Hall–Kier alpha value is -1.72. The van der Waals surface area contributed by atoms with Crippen LogP contribution in [0.4, 0.5) is 10.1 Å². The number of para-hydroxylation sites is 1. The summed E-state index contributed by atoms with van der Waals surface area (Å²) in [6, 6.07) is 8.72. The van der Waals surface area contributed by atoms with Gasteiger partial charge in [-0.25, -0.2) is 4.39 Å². The van der Waals surface area contributed by atoms with Crippen LogP contribution in [-0.4, -0.2) is 19.0 Å². The highest BCUT2D eigenvalue weighted by atomic mass is 32.1. The smallest absolute Gasteiger partial charge is 0.279 e. The summed E-state index contributed by atoms with van der Waals surface area (Å²) >= 11 is 1.79. The summed E-state index contributed by atoms with van der Waals surface area (Å²) in [5, 5.41) is 4.78. The summed E-state index contributed by atoms with van der Waals surface area (Å²) in [5.74, 6) is -0.534. The number of carbonyl (C=O) groups is 1. The zero-order chi connectivity index (χ0) is 14.8. The SMILES string of the molecule is C[C@H]1c2ccsc2CC[NH+]1CC(=O)Nc1ccccc1F. The topological polar surface area (TPSA) is 33.5 Å². The van der Waals surface area contributed by atoms with Crippen LogP contribution in [0.1, 0.15) is 23.4 Å². The summed E-state index contributed by atoms with van der Waals surface area (Å²) in [6.45, 7) is 3.46. The Morgan fingerprint density at radius 3 is 3.05 bits per heavy atom. The highest BCUT2D eigenvalue weighted by Crippen LogP contribution is 2.24. The van der Waals surface area contributed by atoms with E-state index in [1.807, 2.05) is 0 Å². The maximum absolute atomic E-state index is 13.5. The molecule has 0 spiro atoms. The Bertz CT molecular complexity index is 655. The van der Waals surface area contributed by atoms with Gasteiger partial charge in [-0.2, -0.15) is 0 Å². The minimum atomic E-state index is -0.396. The Labute approximate surface area is 127 Å². The minimum Gasteiger partial charge on any atom is -0.321 e. The third-order valence-electron chi connectivity index (χ3n) is 4.07. The van der Waals surface area contributed by atoms with Crippen molar-refractivity contribution in [1.29, 1.82) is 0 Å². The van der Waals surface area contributed by atoms with Crippen LogP contribution in [0.25, 0.3) is 0 Å². The molecule has 1 amide bonds. The van der Waals surface area contributed by atoms with Crippen LogP contribution in [0.15, 0.2) is 35.7 Å². The van der Waals surface area contributed by atoms with E-state index in [1.54, 1.807) is 29.5 Å². The van der Waals surface area contributed by atoms with E-state index in [2.05, 4.69) is 23.7 Å². The van der Waals surface area contributed by atoms with E-state index in [4.69, 9.17) is 0 Å². The van der Waals surface area contributed by atoms with Crippen molar-refractivity contribution >= 4 is 22.9 Å². The lowest BCUT2D eigenvalue weighted by molar-refractivity contribution is -0.923. The average molecular weight is 305 g/mol. The van der Waals surface area contributed by atoms with Crippen molar-refractivity contribution < 1.29 is 14.1 Å². The molecule has 1 aromatic heterocycles. The van der Waals surface area contributed by atoms with E-state index in [0.29, 0.717) is 12.6 Å². The van der Waals surface area contributed by atoms with Crippen molar-refractivity contribution in [2.24, 2.45) is 0 Å². The Morgan fingerprint density at radius 1 is 1.43 bits per heavy atom. The fourth-order valence-electron chi connectivity index (χ4n) is 2.85. The number of thiophene rings is 1. The maximum Gasteiger partial charge on any atom is 0.279 e. The summed E-state index contributed by atoms with van der Waals surface area (Å²) in [6.07, 6.45) is 1.01. The Balaban J connectivity index is 1.65. The molecule has 0 bridgehead atoms. The Morgan fingerprint density at radius 2 is 2.24 bits per heavy atom. The molecule has 110 valence electrons. The van der Waals surface area contributed by atoms with Gasteiger partial charge in [0.2, 0.25) is 0 Å². The lowest BCUT2D eigenvalue weighted by Crippen LogP contribution is -3.14. The molecule has 3 rings (SSSR count). The number of fused-ring (bicyclic) bond motifs is 1. The standard InChI is InChI=1S/C16H17FN2OS/c1-11-12-7-9-21-15(12)6-8-19(11)10-16(20)18-14-5-3-2-4-13(14)17/h2-5,7,9,11H,6,8,10H2,1H3,(H,18,20)/p+1/t11-/m0/s1. The zero-order valence-electron chi connectivity index (χ0n) is 11.9. The van der Waals surface area contributed by atoms with Crippen LogP contribution in [0.2, 0.25) is 0 Å².